The summed E-state index contributed by atoms with van der Waals surface area (Å²) in [7, 11) is 0. The first-order valence-corrected chi connectivity index (χ1v) is 5.76. The van der Waals surface area contributed by atoms with Gasteiger partial charge in [-0.3, -0.25) is 14.5 Å². The summed E-state index contributed by atoms with van der Waals surface area (Å²) in [5, 5.41) is 0. The number of ketones is 1. The fourth-order valence-corrected chi connectivity index (χ4v) is 1.92. The number of ether oxygens (including phenoxy) is 1. The summed E-state index contributed by atoms with van der Waals surface area (Å²) in [6.07, 6.45) is -2.31. The van der Waals surface area contributed by atoms with Crippen molar-refractivity contribution in [3.8, 4) is 0 Å². The van der Waals surface area contributed by atoms with Crippen molar-refractivity contribution < 1.29 is 23.5 Å². The lowest BCUT2D eigenvalue weighted by Crippen LogP contribution is -2.42. The average Bonchev–Trinajstić information content (AvgIpc) is 2.62. The highest BCUT2D eigenvalue weighted by Gasteiger charge is 2.43. The van der Waals surface area contributed by atoms with Gasteiger partial charge < -0.3 is 4.74 Å². The predicted octanol–water partition coefficient (Wildman–Crippen LogP) is 1.38. The van der Waals surface area contributed by atoms with E-state index in [1.807, 2.05) is 0 Å². The van der Waals surface area contributed by atoms with E-state index in [2.05, 4.69) is 4.74 Å². The Morgan fingerprint density at radius 1 is 1.42 bits per heavy atom. The maximum atomic E-state index is 14.0. The number of rotatable bonds is 3. The van der Waals surface area contributed by atoms with Gasteiger partial charge in [-0.1, -0.05) is 11.6 Å². The first-order valence-electron chi connectivity index (χ1n) is 5.76. The van der Waals surface area contributed by atoms with Crippen molar-refractivity contribution in [2.45, 2.75) is 20.1 Å². The van der Waals surface area contributed by atoms with Crippen LogP contribution in [0.4, 0.5) is 10.1 Å². The fraction of sp³-hybridized carbons (Fsp3) is 0.308. The number of benzene rings is 1. The van der Waals surface area contributed by atoms with Crippen LogP contribution in [0, 0.1) is 6.92 Å². The SMILES string of the molecule is CCOC(=O)C(F)N1C(=O)C(=O)c2cc(C)ccc21. The summed E-state index contributed by atoms with van der Waals surface area (Å²) < 4.78 is 18.5. The topological polar surface area (TPSA) is 63.7 Å². The molecule has 0 saturated heterocycles. The van der Waals surface area contributed by atoms with Crippen molar-refractivity contribution in [1.29, 1.82) is 0 Å². The van der Waals surface area contributed by atoms with Crippen LogP contribution in [-0.4, -0.2) is 30.6 Å². The van der Waals surface area contributed by atoms with Crippen LogP contribution in [0.25, 0.3) is 0 Å². The normalized spacial score (nSPS) is 15.4. The monoisotopic (exact) mass is 265 g/mol. The Labute approximate surface area is 109 Å². The summed E-state index contributed by atoms with van der Waals surface area (Å²) in [6, 6.07) is 4.57. The van der Waals surface area contributed by atoms with Crippen LogP contribution in [0.5, 0.6) is 0 Å². The molecule has 1 aliphatic heterocycles. The van der Waals surface area contributed by atoms with Gasteiger partial charge >= 0.3 is 11.9 Å². The van der Waals surface area contributed by atoms with Gasteiger partial charge in [0.15, 0.2) is 0 Å². The molecule has 1 aliphatic rings. The molecule has 19 heavy (non-hydrogen) atoms. The third kappa shape index (κ3) is 2.09. The molecule has 0 saturated carbocycles. The molecule has 0 spiro atoms. The van der Waals surface area contributed by atoms with Gasteiger partial charge in [-0.05, 0) is 26.0 Å². The van der Waals surface area contributed by atoms with Gasteiger partial charge in [0.05, 0.1) is 17.9 Å². The van der Waals surface area contributed by atoms with Crippen LogP contribution in [0.2, 0.25) is 0 Å². The number of hydrogen-bond acceptors (Lipinski definition) is 4. The molecule has 1 atom stereocenters. The summed E-state index contributed by atoms with van der Waals surface area (Å²) in [5.41, 5.74) is 0.978. The van der Waals surface area contributed by atoms with E-state index in [0.29, 0.717) is 4.90 Å². The van der Waals surface area contributed by atoms with E-state index >= 15 is 0 Å². The molecule has 100 valence electrons. The number of amides is 1. The van der Waals surface area contributed by atoms with E-state index in [1.165, 1.54) is 19.1 Å². The third-order valence-corrected chi connectivity index (χ3v) is 2.78. The van der Waals surface area contributed by atoms with E-state index in [4.69, 9.17) is 0 Å². The Balaban J connectivity index is 2.41. The Bertz CT molecular complexity index is 570. The van der Waals surface area contributed by atoms with Gasteiger partial charge in [-0.2, -0.15) is 0 Å². The molecule has 1 aromatic carbocycles. The number of carbonyl (C=O) groups is 3. The Hall–Kier alpha value is -2.24. The maximum absolute atomic E-state index is 14.0. The first kappa shape index (κ1) is 13.2. The highest BCUT2D eigenvalue weighted by atomic mass is 19.1. The van der Waals surface area contributed by atoms with Crippen LogP contribution in [0.3, 0.4) is 0 Å². The number of carbonyl (C=O) groups excluding carboxylic acids is 3. The summed E-state index contributed by atoms with van der Waals surface area (Å²) in [6.45, 7) is 3.27. The van der Waals surface area contributed by atoms with Crippen molar-refractivity contribution in [1.82, 2.24) is 0 Å². The highest BCUT2D eigenvalue weighted by Crippen LogP contribution is 2.32. The van der Waals surface area contributed by atoms with Crippen LogP contribution in [0.1, 0.15) is 22.8 Å². The largest absolute Gasteiger partial charge is 0.462 e. The number of esters is 1. The van der Waals surface area contributed by atoms with Crippen LogP contribution in [-0.2, 0) is 14.3 Å². The van der Waals surface area contributed by atoms with Gasteiger partial charge in [0, 0.05) is 0 Å². The number of halogens is 1. The van der Waals surface area contributed by atoms with E-state index in [-0.39, 0.29) is 17.9 Å². The zero-order valence-electron chi connectivity index (χ0n) is 10.5. The number of anilines is 1. The number of nitrogens with zero attached hydrogens (tertiary/aromatic N) is 1. The smallest absolute Gasteiger partial charge is 0.362 e. The number of hydrogen-bond donors (Lipinski definition) is 0. The molecule has 0 fully saturated rings. The van der Waals surface area contributed by atoms with Crippen LogP contribution >= 0.6 is 0 Å². The Kier molecular flexibility index (Phi) is 3.33. The summed E-state index contributed by atoms with van der Waals surface area (Å²) in [4.78, 5) is 35.4. The molecule has 1 unspecified atom stereocenters. The minimum absolute atomic E-state index is 0.00398. The van der Waals surface area contributed by atoms with Gasteiger partial charge in [-0.25, -0.2) is 9.18 Å². The molecule has 0 aliphatic carbocycles. The molecule has 0 N–H and O–H groups in total. The fourth-order valence-electron chi connectivity index (χ4n) is 1.92. The van der Waals surface area contributed by atoms with Crippen LogP contribution in [0.15, 0.2) is 18.2 Å². The minimum Gasteiger partial charge on any atom is -0.462 e. The Morgan fingerprint density at radius 3 is 2.74 bits per heavy atom. The molecular weight excluding hydrogens is 253 g/mol. The minimum atomic E-state index is -2.31. The lowest BCUT2D eigenvalue weighted by molar-refractivity contribution is -0.150. The number of fused-ring (bicyclic) bond motifs is 1. The van der Waals surface area contributed by atoms with E-state index in [9.17, 15) is 18.8 Å². The molecule has 2 rings (SSSR count). The van der Waals surface area contributed by atoms with Gasteiger partial charge in [-0.15, -0.1) is 0 Å². The van der Waals surface area contributed by atoms with Crippen molar-refractivity contribution in [2.24, 2.45) is 0 Å². The number of alkyl halides is 1. The number of aryl methyl sites for hydroxylation is 1. The molecule has 6 heteroatoms. The predicted molar refractivity (Wildman–Crippen MR) is 64.5 cm³/mol. The molecule has 0 radical (unpaired) electrons. The lowest BCUT2D eigenvalue weighted by atomic mass is 10.1. The second kappa shape index (κ2) is 4.79. The van der Waals surface area contributed by atoms with Gasteiger partial charge in [0.1, 0.15) is 0 Å². The molecule has 0 aromatic heterocycles. The molecule has 5 nitrogen and oxygen atoms in total. The maximum Gasteiger partial charge on any atom is 0.362 e. The van der Waals surface area contributed by atoms with Crippen molar-refractivity contribution in [3.63, 3.8) is 0 Å². The van der Waals surface area contributed by atoms with E-state index < -0.39 is 24.0 Å². The first-order chi connectivity index (χ1) is 8.97. The zero-order valence-corrected chi connectivity index (χ0v) is 10.5. The lowest BCUT2D eigenvalue weighted by Gasteiger charge is -2.19. The van der Waals surface area contributed by atoms with E-state index in [1.54, 1.807) is 13.0 Å². The average molecular weight is 265 g/mol. The third-order valence-electron chi connectivity index (χ3n) is 2.78. The number of Topliss-reactive ketones (excluding diaryl/α,β-unsaturated/α-hetero) is 1. The second-order valence-electron chi connectivity index (χ2n) is 4.11. The van der Waals surface area contributed by atoms with Crippen molar-refractivity contribution in [3.05, 3.63) is 29.3 Å². The Morgan fingerprint density at radius 2 is 2.11 bits per heavy atom. The molecular formula is C13H12FNO4. The molecule has 1 aromatic rings. The summed E-state index contributed by atoms with van der Waals surface area (Å²) in [5.74, 6) is -3.05. The van der Waals surface area contributed by atoms with Crippen molar-refractivity contribution in [2.75, 3.05) is 11.5 Å². The van der Waals surface area contributed by atoms with Gasteiger partial charge in [0.2, 0.25) is 0 Å². The molecule has 1 heterocycles. The van der Waals surface area contributed by atoms with Crippen molar-refractivity contribution >= 4 is 23.3 Å². The molecule has 1 amide bonds. The summed E-state index contributed by atoms with van der Waals surface area (Å²) >= 11 is 0. The van der Waals surface area contributed by atoms with Gasteiger partial charge in [0.25, 0.3) is 12.1 Å². The molecule has 0 bridgehead atoms. The highest BCUT2D eigenvalue weighted by molar-refractivity contribution is 6.52. The quantitative estimate of drug-likeness (QED) is 0.470. The second-order valence-corrected chi connectivity index (χ2v) is 4.11. The zero-order chi connectivity index (χ0) is 14.2. The van der Waals surface area contributed by atoms with E-state index in [0.717, 1.165) is 5.56 Å². The van der Waals surface area contributed by atoms with Crippen LogP contribution < -0.4 is 4.90 Å². The standard InChI is InChI=1S/C13H12FNO4/c1-3-19-13(18)11(14)15-9-5-4-7(2)6-8(9)10(16)12(15)17/h4-6,11H,3H2,1-2H3.